The fourth-order valence-corrected chi connectivity index (χ4v) is 2.46. The van der Waals surface area contributed by atoms with Crippen molar-refractivity contribution in [2.45, 2.75) is 11.8 Å². The predicted octanol–water partition coefficient (Wildman–Crippen LogP) is 1.51. The number of benzene rings is 1. The average Bonchev–Trinajstić information content (AvgIpc) is 2.94. The molecule has 1 saturated carbocycles. The van der Waals surface area contributed by atoms with E-state index < -0.39 is 0 Å². The van der Waals surface area contributed by atoms with Crippen molar-refractivity contribution >= 4 is 5.97 Å². The van der Waals surface area contributed by atoms with E-state index in [-0.39, 0.29) is 11.4 Å². The molecular formula is C12H12O3. The third kappa shape index (κ3) is 1.03. The highest BCUT2D eigenvalue weighted by atomic mass is 16.5. The van der Waals surface area contributed by atoms with Gasteiger partial charge in [-0.1, -0.05) is 12.1 Å². The zero-order valence-corrected chi connectivity index (χ0v) is 8.53. The summed E-state index contributed by atoms with van der Waals surface area (Å²) in [6.45, 7) is 0.579. The van der Waals surface area contributed by atoms with Crippen LogP contribution in [-0.2, 0) is 14.9 Å². The molecule has 3 rings (SSSR count). The average molecular weight is 204 g/mol. The summed E-state index contributed by atoms with van der Waals surface area (Å²) >= 11 is 0. The van der Waals surface area contributed by atoms with Gasteiger partial charge in [0.15, 0.2) is 0 Å². The van der Waals surface area contributed by atoms with Crippen molar-refractivity contribution in [3.05, 3.63) is 29.8 Å². The van der Waals surface area contributed by atoms with Crippen molar-refractivity contribution in [3.63, 3.8) is 0 Å². The lowest BCUT2D eigenvalue weighted by Gasteiger charge is -2.10. The largest absolute Gasteiger partial charge is 0.497 e. The molecule has 2 fully saturated rings. The first-order valence-electron chi connectivity index (χ1n) is 5.09. The summed E-state index contributed by atoms with van der Waals surface area (Å²) in [7, 11) is 1.63. The number of cyclic esters (lactones) is 1. The lowest BCUT2D eigenvalue weighted by Crippen LogP contribution is -2.18. The molecule has 1 aliphatic heterocycles. The SMILES string of the molecule is COc1cccc([C@]23C[C@H]2COC3=O)c1. The molecule has 3 nitrogen and oxygen atoms in total. The van der Waals surface area contributed by atoms with Gasteiger partial charge in [-0.05, 0) is 24.1 Å². The maximum Gasteiger partial charge on any atom is 0.317 e. The normalized spacial score (nSPS) is 32.1. The third-order valence-corrected chi connectivity index (χ3v) is 3.47. The molecule has 0 unspecified atom stereocenters. The van der Waals surface area contributed by atoms with Crippen molar-refractivity contribution in [2.75, 3.05) is 13.7 Å². The molecule has 0 spiro atoms. The van der Waals surface area contributed by atoms with E-state index in [1.54, 1.807) is 7.11 Å². The molecule has 78 valence electrons. The Morgan fingerprint density at radius 1 is 1.53 bits per heavy atom. The van der Waals surface area contributed by atoms with Crippen molar-refractivity contribution in [3.8, 4) is 5.75 Å². The first-order chi connectivity index (χ1) is 7.27. The Hall–Kier alpha value is -1.51. The third-order valence-electron chi connectivity index (χ3n) is 3.47. The lowest BCUT2D eigenvalue weighted by molar-refractivity contribution is -0.142. The summed E-state index contributed by atoms with van der Waals surface area (Å²) in [5, 5.41) is 0. The molecule has 1 aliphatic carbocycles. The molecule has 2 aliphatic rings. The number of esters is 1. The van der Waals surface area contributed by atoms with Gasteiger partial charge in [-0.2, -0.15) is 0 Å². The zero-order valence-electron chi connectivity index (χ0n) is 8.53. The highest BCUT2D eigenvalue weighted by Crippen LogP contribution is 2.59. The Balaban J connectivity index is 2.03. The Labute approximate surface area is 88.0 Å². The number of ether oxygens (including phenoxy) is 2. The molecule has 1 saturated heterocycles. The number of fused-ring (bicyclic) bond motifs is 1. The quantitative estimate of drug-likeness (QED) is 0.685. The smallest absolute Gasteiger partial charge is 0.317 e. The number of carbonyl (C=O) groups excluding carboxylic acids is 1. The van der Waals surface area contributed by atoms with Crippen LogP contribution in [0.15, 0.2) is 24.3 Å². The fourth-order valence-electron chi connectivity index (χ4n) is 2.46. The van der Waals surface area contributed by atoms with Gasteiger partial charge in [0.2, 0.25) is 0 Å². The van der Waals surface area contributed by atoms with Gasteiger partial charge < -0.3 is 9.47 Å². The number of rotatable bonds is 2. The number of hydrogen-bond acceptors (Lipinski definition) is 3. The molecule has 0 amide bonds. The van der Waals surface area contributed by atoms with Crippen LogP contribution in [0.2, 0.25) is 0 Å². The van der Waals surface area contributed by atoms with Crippen molar-refractivity contribution in [1.82, 2.24) is 0 Å². The number of hydrogen-bond donors (Lipinski definition) is 0. The molecule has 3 heteroatoms. The van der Waals surface area contributed by atoms with Crippen LogP contribution >= 0.6 is 0 Å². The van der Waals surface area contributed by atoms with Crippen molar-refractivity contribution in [2.24, 2.45) is 5.92 Å². The summed E-state index contributed by atoms with van der Waals surface area (Å²) in [6, 6.07) is 7.73. The summed E-state index contributed by atoms with van der Waals surface area (Å²) in [5.41, 5.74) is 0.698. The molecule has 0 radical (unpaired) electrons. The molecule has 1 aromatic rings. The molecule has 15 heavy (non-hydrogen) atoms. The Bertz CT molecular complexity index is 427. The monoisotopic (exact) mass is 204 g/mol. The van der Waals surface area contributed by atoms with Crippen LogP contribution < -0.4 is 4.74 Å². The summed E-state index contributed by atoms with van der Waals surface area (Å²) in [4.78, 5) is 11.7. The molecule has 0 bridgehead atoms. The lowest BCUT2D eigenvalue weighted by atomic mass is 9.94. The number of carbonyl (C=O) groups is 1. The van der Waals surface area contributed by atoms with Gasteiger partial charge in [0.05, 0.1) is 19.1 Å². The molecule has 0 N–H and O–H groups in total. The second-order valence-corrected chi connectivity index (χ2v) is 4.20. The van der Waals surface area contributed by atoms with Crippen LogP contribution in [0.1, 0.15) is 12.0 Å². The van der Waals surface area contributed by atoms with Crippen LogP contribution in [0.25, 0.3) is 0 Å². The number of methoxy groups -OCH3 is 1. The van der Waals surface area contributed by atoms with Crippen LogP contribution in [-0.4, -0.2) is 19.7 Å². The second-order valence-electron chi connectivity index (χ2n) is 4.20. The van der Waals surface area contributed by atoms with Crippen LogP contribution in [0.3, 0.4) is 0 Å². The van der Waals surface area contributed by atoms with E-state index in [4.69, 9.17) is 9.47 Å². The highest BCUT2D eigenvalue weighted by molar-refractivity contribution is 5.90. The van der Waals surface area contributed by atoms with E-state index in [0.717, 1.165) is 17.7 Å². The Kier molecular flexibility index (Phi) is 1.61. The standard InChI is InChI=1S/C12H12O3/c1-14-10-4-2-3-8(5-10)12-6-9(12)7-15-11(12)13/h2-5,9H,6-7H2,1H3/t9-,12+/m0/s1. The van der Waals surface area contributed by atoms with Crippen molar-refractivity contribution < 1.29 is 14.3 Å². The van der Waals surface area contributed by atoms with Gasteiger partial charge in [-0.15, -0.1) is 0 Å². The molecule has 1 aromatic carbocycles. The highest BCUT2D eigenvalue weighted by Gasteiger charge is 2.66. The Morgan fingerprint density at radius 3 is 3.00 bits per heavy atom. The first-order valence-corrected chi connectivity index (χ1v) is 5.09. The second kappa shape index (κ2) is 2.75. The maximum atomic E-state index is 11.7. The van der Waals surface area contributed by atoms with E-state index in [1.165, 1.54) is 0 Å². The minimum atomic E-state index is -0.339. The fraction of sp³-hybridized carbons (Fsp3) is 0.417. The van der Waals surface area contributed by atoms with E-state index in [9.17, 15) is 4.79 Å². The molecule has 0 aromatic heterocycles. The van der Waals surface area contributed by atoms with E-state index >= 15 is 0 Å². The summed E-state index contributed by atoms with van der Waals surface area (Å²) < 4.78 is 10.2. The van der Waals surface area contributed by atoms with E-state index in [1.807, 2.05) is 24.3 Å². The van der Waals surface area contributed by atoms with Crippen LogP contribution in [0.4, 0.5) is 0 Å². The van der Waals surface area contributed by atoms with Gasteiger partial charge in [-0.25, -0.2) is 0 Å². The summed E-state index contributed by atoms with van der Waals surface area (Å²) in [5.74, 6) is 1.12. The molecule has 1 heterocycles. The van der Waals surface area contributed by atoms with Crippen LogP contribution in [0.5, 0.6) is 5.75 Å². The molecular weight excluding hydrogens is 192 g/mol. The van der Waals surface area contributed by atoms with Gasteiger partial charge in [0, 0.05) is 5.92 Å². The predicted molar refractivity (Wildman–Crippen MR) is 53.7 cm³/mol. The van der Waals surface area contributed by atoms with Gasteiger partial charge in [0.25, 0.3) is 0 Å². The maximum absolute atomic E-state index is 11.7. The minimum Gasteiger partial charge on any atom is -0.497 e. The topological polar surface area (TPSA) is 35.5 Å². The van der Waals surface area contributed by atoms with E-state index in [0.29, 0.717) is 12.5 Å². The Morgan fingerprint density at radius 2 is 2.40 bits per heavy atom. The van der Waals surface area contributed by atoms with Gasteiger partial charge >= 0.3 is 5.97 Å². The van der Waals surface area contributed by atoms with E-state index in [2.05, 4.69) is 0 Å². The zero-order chi connectivity index (χ0) is 10.5. The van der Waals surface area contributed by atoms with Gasteiger partial charge in [-0.3, -0.25) is 4.79 Å². The molecule has 2 atom stereocenters. The van der Waals surface area contributed by atoms with Crippen LogP contribution in [0, 0.1) is 5.92 Å². The van der Waals surface area contributed by atoms with Crippen molar-refractivity contribution in [1.29, 1.82) is 0 Å². The summed E-state index contributed by atoms with van der Waals surface area (Å²) in [6.07, 6.45) is 0.930. The minimum absolute atomic E-state index is 0.0687. The first kappa shape index (κ1) is 8.77. The van der Waals surface area contributed by atoms with Gasteiger partial charge in [0.1, 0.15) is 5.75 Å².